The molecule has 31 heavy (non-hydrogen) atoms. The summed E-state index contributed by atoms with van der Waals surface area (Å²) in [7, 11) is -15.0. The number of carbonyl (C=O) groups excluding carboxylic acids is 2. The average molecular weight is 511 g/mol. The number of fused-ring (bicyclic) bond motifs is 1. The zero-order valence-electron chi connectivity index (χ0n) is 13.7. The van der Waals surface area contributed by atoms with Gasteiger partial charge in [-0.25, -0.2) is 16.8 Å². The van der Waals surface area contributed by atoms with Crippen molar-refractivity contribution in [3.05, 3.63) is 23.3 Å². The number of carbonyl (C=O) groups is 2. The van der Waals surface area contributed by atoms with Crippen LogP contribution in [0.4, 0.5) is 43.9 Å². The van der Waals surface area contributed by atoms with Crippen LogP contribution in [0.3, 0.4) is 0 Å². The van der Waals surface area contributed by atoms with Crippen LogP contribution in [0.15, 0.2) is 21.9 Å². The summed E-state index contributed by atoms with van der Waals surface area (Å²) in [5.41, 5.74) is -3.44. The molecule has 7 nitrogen and oxygen atoms in total. The van der Waals surface area contributed by atoms with Crippen LogP contribution >= 0.6 is 0 Å². The van der Waals surface area contributed by atoms with Crippen LogP contribution in [0.5, 0.6) is 0 Å². The summed E-state index contributed by atoms with van der Waals surface area (Å²) in [4.78, 5) is 17.3. The lowest BCUT2D eigenvalue weighted by molar-refractivity contribution is -0.242. The molecule has 0 unspecified atom stereocenters. The molecular weight excluding hydrogens is 508 g/mol. The van der Waals surface area contributed by atoms with E-state index in [4.69, 9.17) is 0 Å². The van der Waals surface area contributed by atoms with Gasteiger partial charge in [-0.15, -0.1) is 0 Å². The van der Waals surface area contributed by atoms with Gasteiger partial charge in [0.25, 0.3) is 31.5 Å². The van der Waals surface area contributed by atoms with Crippen molar-refractivity contribution in [1.82, 2.24) is 5.32 Å². The Balaban J connectivity index is 3.12. The second-order valence-electron chi connectivity index (χ2n) is 5.63. The maximum absolute atomic E-state index is 13.7. The van der Waals surface area contributed by atoms with Crippen LogP contribution in [0.1, 0.15) is 20.7 Å². The van der Waals surface area contributed by atoms with E-state index >= 15 is 0 Å². The van der Waals surface area contributed by atoms with E-state index < -0.39 is 81.3 Å². The van der Waals surface area contributed by atoms with Crippen LogP contribution < -0.4 is 5.32 Å². The summed E-state index contributed by atoms with van der Waals surface area (Å²) in [6, 6.07) is -0.551. The van der Waals surface area contributed by atoms with Gasteiger partial charge in [0.15, 0.2) is 0 Å². The van der Waals surface area contributed by atoms with Crippen molar-refractivity contribution in [1.29, 1.82) is 0 Å². The number of sulfone groups is 2. The highest BCUT2D eigenvalue weighted by Crippen LogP contribution is 2.49. The van der Waals surface area contributed by atoms with E-state index in [-0.39, 0.29) is 6.07 Å². The van der Waals surface area contributed by atoms with E-state index in [2.05, 4.69) is 0 Å². The highest BCUT2D eigenvalue weighted by Gasteiger charge is 2.72. The molecule has 0 spiro atoms. The van der Waals surface area contributed by atoms with E-state index in [9.17, 15) is 70.3 Å². The summed E-state index contributed by atoms with van der Waals surface area (Å²) in [5, 5.41) is -12.7. The molecule has 19 heteroatoms. The molecule has 174 valence electrons. The van der Waals surface area contributed by atoms with Gasteiger partial charge in [0.05, 0.1) is 16.0 Å². The molecule has 0 fully saturated rings. The third-order valence-electron chi connectivity index (χ3n) is 3.71. The molecule has 2 amide bonds. The predicted octanol–water partition coefficient (Wildman–Crippen LogP) is 2.43. The Morgan fingerprint density at radius 3 is 1.48 bits per heavy atom. The normalized spacial score (nSPS) is 16.3. The van der Waals surface area contributed by atoms with E-state index in [0.29, 0.717) is 0 Å². The number of benzene rings is 1. The summed E-state index contributed by atoms with van der Waals surface area (Å²) in [6.07, 6.45) is -14.0. The third-order valence-corrected chi connectivity index (χ3v) is 7.54. The first-order chi connectivity index (χ1) is 13.5. The molecule has 2 rings (SSSR count). The minimum absolute atomic E-state index is 0.0142. The van der Waals surface area contributed by atoms with Crippen molar-refractivity contribution in [2.75, 3.05) is 0 Å². The van der Waals surface area contributed by atoms with Crippen LogP contribution in [0, 0.1) is 0 Å². The van der Waals surface area contributed by atoms with Crippen LogP contribution in [0.2, 0.25) is 0 Å². The summed E-state index contributed by atoms with van der Waals surface area (Å²) < 4.78 is 178. The third kappa shape index (κ3) is 3.24. The van der Waals surface area contributed by atoms with Crippen molar-refractivity contribution in [2.24, 2.45) is 0 Å². The van der Waals surface area contributed by atoms with Crippen molar-refractivity contribution in [2.45, 2.75) is 32.7 Å². The van der Waals surface area contributed by atoms with Gasteiger partial charge in [0.2, 0.25) is 0 Å². The van der Waals surface area contributed by atoms with Crippen LogP contribution in [0.25, 0.3) is 0 Å². The zero-order chi connectivity index (χ0) is 24.6. The maximum atomic E-state index is 13.7. The standard InChI is InChI=1S/C12H3F10NO6S2/c13-9(14,15)11(19,20)30(26,27)4-2-1-3-5(8(25)23-7(3)24)6(4)31(28,29)12(21,22)10(16,17)18/h1-2H,(H,23,24,25). The molecule has 0 aliphatic carbocycles. The molecule has 1 aliphatic heterocycles. The molecule has 1 N–H and O–H groups in total. The molecule has 1 aromatic carbocycles. The number of alkyl halides is 10. The lowest BCUT2D eigenvalue weighted by Gasteiger charge is -2.24. The molecule has 0 saturated heterocycles. The molecule has 1 aliphatic rings. The first kappa shape index (κ1) is 24.8. The van der Waals surface area contributed by atoms with Gasteiger partial charge in [0, 0.05) is 0 Å². The number of hydrogen-bond acceptors (Lipinski definition) is 6. The SMILES string of the molecule is O=C1NC(=O)c2c1ccc(S(=O)(=O)C(F)(F)C(F)(F)F)c2S(=O)(=O)C(F)(F)C(F)(F)F. The smallest absolute Gasteiger partial charge is 0.288 e. The monoisotopic (exact) mass is 511 g/mol. The molecule has 0 saturated carbocycles. The molecule has 1 heterocycles. The Kier molecular flexibility index (Phi) is 5.23. The lowest BCUT2D eigenvalue weighted by Crippen LogP contribution is -2.47. The summed E-state index contributed by atoms with van der Waals surface area (Å²) >= 11 is 0. The van der Waals surface area contributed by atoms with Crippen molar-refractivity contribution < 1.29 is 70.3 Å². The van der Waals surface area contributed by atoms with Gasteiger partial charge in [-0.3, -0.25) is 14.9 Å². The van der Waals surface area contributed by atoms with Crippen molar-refractivity contribution in [3.63, 3.8) is 0 Å². The maximum Gasteiger partial charge on any atom is 0.469 e. The Bertz CT molecular complexity index is 1200. The van der Waals surface area contributed by atoms with E-state index in [1.807, 2.05) is 0 Å². The van der Waals surface area contributed by atoms with Crippen LogP contribution in [-0.2, 0) is 19.7 Å². The molecule has 0 radical (unpaired) electrons. The van der Waals surface area contributed by atoms with Gasteiger partial charge in [0.1, 0.15) is 4.90 Å². The van der Waals surface area contributed by atoms with Crippen molar-refractivity contribution in [3.8, 4) is 0 Å². The average Bonchev–Trinajstić information content (AvgIpc) is 2.86. The number of imide groups is 1. The molecule has 0 bridgehead atoms. The van der Waals surface area contributed by atoms with E-state index in [1.165, 1.54) is 0 Å². The molecule has 0 aromatic heterocycles. The topological polar surface area (TPSA) is 114 Å². The largest absolute Gasteiger partial charge is 0.469 e. The Labute approximate surface area is 163 Å². The Morgan fingerprint density at radius 1 is 0.645 bits per heavy atom. The minimum Gasteiger partial charge on any atom is -0.288 e. The van der Waals surface area contributed by atoms with Gasteiger partial charge in [-0.05, 0) is 12.1 Å². The van der Waals surface area contributed by atoms with Gasteiger partial charge in [-0.1, -0.05) is 0 Å². The molecule has 0 atom stereocenters. The Morgan fingerprint density at radius 2 is 1.06 bits per heavy atom. The quantitative estimate of drug-likeness (QED) is 0.491. The van der Waals surface area contributed by atoms with E-state index in [0.717, 1.165) is 5.32 Å². The number of amides is 2. The van der Waals surface area contributed by atoms with Gasteiger partial charge >= 0.3 is 22.9 Å². The summed E-state index contributed by atoms with van der Waals surface area (Å²) in [5.74, 6) is -3.82. The molecule has 1 aromatic rings. The van der Waals surface area contributed by atoms with Crippen molar-refractivity contribution >= 4 is 31.5 Å². The van der Waals surface area contributed by atoms with Gasteiger partial charge in [-0.2, -0.15) is 43.9 Å². The Hall–Kier alpha value is -2.44. The highest BCUT2D eigenvalue weighted by molar-refractivity contribution is 7.95. The fourth-order valence-electron chi connectivity index (χ4n) is 2.26. The minimum atomic E-state index is -7.55. The predicted molar refractivity (Wildman–Crippen MR) is 74.6 cm³/mol. The second-order valence-corrected chi connectivity index (χ2v) is 9.52. The highest BCUT2D eigenvalue weighted by atomic mass is 32.2. The van der Waals surface area contributed by atoms with E-state index in [1.54, 1.807) is 0 Å². The lowest BCUT2D eigenvalue weighted by atomic mass is 10.1. The number of halogens is 10. The van der Waals surface area contributed by atoms with Crippen LogP contribution in [-0.4, -0.2) is 51.5 Å². The fourth-order valence-corrected chi connectivity index (χ4v) is 5.46. The number of hydrogen-bond donors (Lipinski definition) is 1. The first-order valence-electron chi connectivity index (χ1n) is 6.94. The fraction of sp³-hybridized carbons (Fsp3) is 0.333. The summed E-state index contributed by atoms with van der Waals surface area (Å²) in [6.45, 7) is 0. The zero-order valence-corrected chi connectivity index (χ0v) is 15.3. The molecular formula is C12H3F10NO6S2. The number of rotatable bonds is 4. The second kappa shape index (κ2) is 6.53. The van der Waals surface area contributed by atoms with Gasteiger partial charge < -0.3 is 0 Å². The number of nitrogens with one attached hydrogen (secondary N) is 1. The first-order valence-corrected chi connectivity index (χ1v) is 9.91.